The van der Waals surface area contributed by atoms with Crippen molar-refractivity contribution in [3.63, 3.8) is 0 Å². The zero-order valence-corrected chi connectivity index (χ0v) is 15.9. The van der Waals surface area contributed by atoms with E-state index < -0.39 is 10.0 Å². The third-order valence-electron chi connectivity index (χ3n) is 5.16. The van der Waals surface area contributed by atoms with Gasteiger partial charge in [0.15, 0.2) is 0 Å². The lowest BCUT2D eigenvalue weighted by Crippen LogP contribution is -2.27. The molecule has 2 aromatic carbocycles. The second kappa shape index (κ2) is 6.52. The predicted molar refractivity (Wildman–Crippen MR) is 103 cm³/mol. The minimum absolute atomic E-state index is 0.286. The molecule has 1 aliphatic rings. The molecule has 1 fully saturated rings. The Hall–Kier alpha value is -2.18. The molecule has 6 heteroatoms. The summed E-state index contributed by atoms with van der Waals surface area (Å²) in [6.45, 7) is 5.72. The Kier molecular flexibility index (Phi) is 4.32. The number of fused-ring (bicyclic) bond motifs is 1. The molecule has 0 bridgehead atoms. The van der Waals surface area contributed by atoms with Crippen LogP contribution in [0.2, 0.25) is 0 Å². The molecule has 0 amide bonds. The fourth-order valence-corrected chi connectivity index (χ4v) is 5.27. The minimum atomic E-state index is -3.74. The number of benzene rings is 2. The highest BCUT2D eigenvalue weighted by atomic mass is 32.2. The van der Waals surface area contributed by atoms with E-state index in [9.17, 15) is 8.42 Å². The van der Waals surface area contributed by atoms with Crippen molar-refractivity contribution in [3.05, 3.63) is 59.3 Å². The normalized spacial score (nSPS) is 16.2. The van der Waals surface area contributed by atoms with Gasteiger partial charge in [-0.3, -0.25) is 0 Å². The van der Waals surface area contributed by atoms with Crippen LogP contribution in [0.3, 0.4) is 0 Å². The third kappa shape index (κ3) is 2.83. The van der Waals surface area contributed by atoms with Crippen LogP contribution in [0.15, 0.2) is 47.4 Å². The second-order valence-electron chi connectivity index (χ2n) is 7.04. The van der Waals surface area contributed by atoms with Gasteiger partial charge >= 0.3 is 0 Å². The fraction of sp³-hybridized carbons (Fsp3) is 0.350. The molecule has 0 unspecified atom stereocenters. The van der Waals surface area contributed by atoms with Gasteiger partial charge in [0.05, 0.1) is 16.1 Å². The van der Waals surface area contributed by atoms with Gasteiger partial charge in [0.1, 0.15) is 0 Å². The van der Waals surface area contributed by atoms with E-state index in [2.05, 4.69) is 16.5 Å². The smallest absolute Gasteiger partial charge is 0.283 e. The van der Waals surface area contributed by atoms with Gasteiger partial charge in [-0.1, -0.05) is 29.8 Å². The number of piperidine rings is 1. The Bertz CT molecular complexity index is 1060. The molecule has 1 N–H and O–H groups in total. The van der Waals surface area contributed by atoms with Crippen molar-refractivity contribution in [3.8, 4) is 0 Å². The Labute approximate surface area is 154 Å². The molecule has 5 nitrogen and oxygen atoms in total. The molecule has 1 aliphatic heterocycles. The van der Waals surface area contributed by atoms with Crippen LogP contribution in [0.5, 0.6) is 0 Å². The molecule has 26 heavy (non-hydrogen) atoms. The van der Waals surface area contributed by atoms with Crippen LogP contribution < -0.4 is 5.32 Å². The van der Waals surface area contributed by atoms with E-state index in [1.807, 2.05) is 38.1 Å². The summed E-state index contributed by atoms with van der Waals surface area (Å²) < 4.78 is 27.9. The van der Waals surface area contributed by atoms with Crippen molar-refractivity contribution in [2.45, 2.75) is 37.5 Å². The Balaban J connectivity index is 1.95. The molecule has 0 spiro atoms. The summed E-state index contributed by atoms with van der Waals surface area (Å²) in [5.74, 6) is 0.286. The number of aromatic nitrogens is 2. The largest absolute Gasteiger partial charge is 0.317 e. The average molecular weight is 369 g/mol. The number of rotatable bonds is 3. The van der Waals surface area contributed by atoms with Crippen LogP contribution in [0, 0.1) is 13.8 Å². The van der Waals surface area contributed by atoms with E-state index in [1.54, 1.807) is 12.1 Å². The van der Waals surface area contributed by atoms with Crippen molar-refractivity contribution in [2.24, 2.45) is 0 Å². The van der Waals surface area contributed by atoms with Gasteiger partial charge in [-0.15, -0.1) is 0 Å². The number of hydrogen-bond donors (Lipinski definition) is 1. The molecular weight excluding hydrogens is 346 g/mol. The van der Waals surface area contributed by atoms with Crippen molar-refractivity contribution >= 4 is 20.9 Å². The molecule has 4 rings (SSSR count). The van der Waals surface area contributed by atoms with E-state index in [0.717, 1.165) is 48.1 Å². The first kappa shape index (κ1) is 17.2. The highest BCUT2D eigenvalue weighted by molar-refractivity contribution is 7.90. The SMILES string of the molecule is Cc1ccc2c(c1)c(C1CCNCC1)nn2S(=O)(=O)c1ccccc1C. The summed E-state index contributed by atoms with van der Waals surface area (Å²) in [6.07, 6.45) is 1.95. The van der Waals surface area contributed by atoms with E-state index in [1.165, 1.54) is 4.09 Å². The molecule has 0 aliphatic carbocycles. The summed E-state index contributed by atoms with van der Waals surface area (Å²) in [4.78, 5) is 0.307. The molecule has 2 heterocycles. The molecule has 0 radical (unpaired) electrons. The van der Waals surface area contributed by atoms with Gasteiger partial charge in [-0.25, -0.2) is 0 Å². The summed E-state index contributed by atoms with van der Waals surface area (Å²) in [5.41, 5.74) is 3.40. The Morgan fingerprint density at radius 1 is 1.08 bits per heavy atom. The number of nitrogens with zero attached hydrogens (tertiary/aromatic N) is 2. The quantitative estimate of drug-likeness (QED) is 0.769. The topological polar surface area (TPSA) is 64.0 Å². The second-order valence-corrected chi connectivity index (χ2v) is 8.78. The first-order valence-electron chi connectivity index (χ1n) is 8.99. The van der Waals surface area contributed by atoms with Crippen LogP contribution in [0.25, 0.3) is 10.9 Å². The maximum atomic E-state index is 13.3. The first-order valence-corrected chi connectivity index (χ1v) is 10.4. The van der Waals surface area contributed by atoms with Crippen LogP contribution in [-0.2, 0) is 10.0 Å². The zero-order chi connectivity index (χ0) is 18.3. The number of nitrogens with one attached hydrogen (secondary N) is 1. The first-order chi connectivity index (χ1) is 12.5. The molecule has 136 valence electrons. The van der Waals surface area contributed by atoms with Crippen molar-refractivity contribution < 1.29 is 8.42 Å². The third-order valence-corrected chi connectivity index (χ3v) is 6.91. The van der Waals surface area contributed by atoms with Crippen LogP contribution in [0.1, 0.15) is 35.6 Å². The van der Waals surface area contributed by atoms with E-state index in [0.29, 0.717) is 10.4 Å². The van der Waals surface area contributed by atoms with E-state index in [4.69, 9.17) is 0 Å². The van der Waals surface area contributed by atoms with Crippen molar-refractivity contribution in [1.82, 2.24) is 14.5 Å². The summed E-state index contributed by atoms with van der Waals surface area (Å²) in [6, 6.07) is 12.9. The van der Waals surface area contributed by atoms with Gasteiger partial charge in [0.25, 0.3) is 10.0 Å². The van der Waals surface area contributed by atoms with Gasteiger partial charge in [0, 0.05) is 11.3 Å². The summed E-state index contributed by atoms with van der Waals surface area (Å²) in [7, 11) is -3.74. The number of hydrogen-bond acceptors (Lipinski definition) is 4. The predicted octanol–water partition coefficient (Wildman–Crippen LogP) is 3.36. The van der Waals surface area contributed by atoms with E-state index >= 15 is 0 Å². The van der Waals surface area contributed by atoms with Gasteiger partial charge in [-0.05, 0) is 63.5 Å². The lowest BCUT2D eigenvalue weighted by Gasteiger charge is -2.21. The monoisotopic (exact) mass is 369 g/mol. The van der Waals surface area contributed by atoms with Gasteiger partial charge < -0.3 is 5.32 Å². The standard InChI is InChI=1S/C20H23N3O2S/c1-14-7-8-18-17(13-14)20(16-9-11-21-12-10-16)22-23(18)26(24,25)19-6-4-3-5-15(19)2/h3-8,13,16,21H,9-12H2,1-2H3. The highest BCUT2D eigenvalue weighted by Crippen LogP contribution is 2.33. The maximum absolute atomic E-state index is 13.3. The maximum Gasteiger partial charge on any atom is 0.283 e. The number of aryl methyl sites for hydroxylation is 2. The van der Waals surface area contributed by atoms with Crippen molar-refractivity contribution in [2.75, 3.05) is 13.1 Å². The molecule has 1 aromatic heterocycles. The zero-order valence-electron chi connectivity index (χ0n) is 15.1. The lowest BCUT2D eigenvalue weighted by molar-refractivity contribution is 0.453. The highest BCUT2D eigenvalue weighted by Gasteiger charge is 2.28. The molecular formula is C20H23N3O2S. The molecule has 3 aromatic rings. The Morgan fingerprint density at radius 2 is 1.81 bits per heavy atom. The Morgan fingerprint density at radius 3 is 2.54 bits per heavy atom. The lowest BCUT2D eigenvalue weighted by atomic mass is 9.92. The summed E-state index contributed by atoms with van der Waals surface area (Å²) in [5, 5.41) is 8.96. The van der Waals surface area contributed by atoms with Crippen LogP contribution >= 0.6 is 0 Å². The fourth-order valence-electron chi connectivity index (χ4n) is 3.75. The van der Waals surface area contributed by atoms with E-state index in [-0.39, 0.29) is 5.92 Å². The van der Waals surface area contributed by atoms with Crippen LogP contribution in [-0.4, -0.2) is 30.7 Å². The minimum Gasteiger partial charge on any atom is -0.317 e. The van der Waals surface area contributed by atoms with Crippen molar-refractivity contribution in [1.29, 1.82) is 0 Å². The molecule has 1 saturated heterocycles. The van der Waals surface area contributed by atoms with Crippen LogP contribution in [0.4, 0.5) is 0 Å². The molecule has 0 saturated carbocycles. The summed E-state index contributed by atoms with van der Waals surface area (Å²) >= 11 is 0. The molecule has 0 atom stereocenters. The average Bonchev–Trinajstić information content (AvgIpc) is 3.02. The van der Waals surface area contributed by atoms with Gasteiger partial charge in [0.2, 0.25) is 0 Å². The van der Waals surface area contributed by atoms with Gasteiger partial charge in [-0.2, -0.15) is 17.6 Å².